The summed E-state index contributed by atoms with van der Waals surface area (Å²) in [5.74, 6) is 3.74. The number of hydrogen-bond acceptors (Lipinski definition) is 10. The first-order valence-corrected chi connectivity index (χ1v) is 18.5. The highest BCUT2D eigenvalue weighted by molar-refractivity contribution is 6.04. The molecule has 2 aromatic carbocycles. The molecule has 4 atom stereocenters. The number of rotatable bonds is 11. The minimum Gasteiger partial charge on any atom is -0.508 e. The van der Waals surface area contributed by atoms with Crippen molar-refractivity contribution in [3.05, 3.63) is 41.5 Å². The molecule has 5 heterocycles. The number of ether oxygens (including phenoxy) is 3. The van der Waals surface area contributed by atoms with Gasteiger partial charge >= 0.3 is 6.01 Å². The Kier molecular flexibility index (Phi) is 8.36. The van der Waals surface area contributed by atoms with Crippen molar-refractivity contribution in [3.8, 4) is 41.2 Å². The van der Waals surface area contributed by atoms with Crippen LogP contribution in [0, 0.1) is 47.1 Å². The summed E-state index contributed by atoms with van der Waals surface area (Å²) in [4.78, 5) is 19.1. The molecule has 0 spiro atoms. The van der Waals surface area contributed by atoms with E-state index < -0.39 is 11.6 Å². The quantitative estimate of drug-likeness (QED) is 0.194. The Balaban J connectivity index is 1.14. The second kappa shape index (κ2) is 13.0. The minimum atomic E-state index is -0.768. The SMILES string of the molecule is C#Cc1c(F)ccc2cc(O)cc(-c3nc(OC)c4c(N5CC6CC(CCOC)CC(C5)N6)nc(OCC5(CN6CC7CC7C6)CC5)nc4c3F)c12. The summed E-state index contributed by atoms with van der Waals surface area (Å²) in [6, 6.07) is 6.05. The van der Waals surface area contributed by atoms with Gasteiger partial charge in [0.05, 0.1) is 19.3 Å². The summed E-state index contributed by atoms with van der Waals surface area (Å²) < 4.78 is 50.0. The fraction of sp³-hybridized carbons (Fsp3) is 0.525. The molecule has 2 aliphatic carbocycles. The van der Waals surface area contributed by atoms with Gasteiger partial charge in [0.1, 0.15) is 34.0 Å². The zero-order valence-electron chi connectivity index (χ0n) is 29.6. The summed E-state index contributed by atoms with van der Waals surface area (Å²) in [7, 11) is 3.21. The molecule has 52 heavy (non-hydrogen) atoms. The number of aromatic hydroxyl groups is 1. The van der Waals surface area contributed by atoms with Crippen molar-refractivity contribution in [2.24, 2.45) is 23.2 Å². The summed E-state index contributed by atoms with van der Waals surface area (Å²) in [5, 5.41) is 15.5. The monoisotopic (exact) mass is 710 g/mol. The van der Waals surface area contributed by atoms with Gasteiger partial charge in [-0.05, 0) is 79.9 Å². The van der Waals surface area contributed by atoms with Crippen LogP contribution in [0.5, 0.6) is 17.6 Å². The van der Waals surface area contributed by atoms with Gasteiger partial charge < -0.3 is 34.4 Å². The van der Waals surface area contributed by atoms with Gasteiger partial charge in [-0.15, -0.1) is 6.42 Å². The molecule has 10 nitrogen and oxygen atoms in total. The Morgan fingerprint density at radius 2 is 1.77 bits per heavy atom. The Bertz CT molecular complexity index is 2080. The maximum atomic E-state index is 17.3. The fourth-order valence-corrected chi connectivity index (χ4v) is 9.24. The van der Waals surface area contributed by atoms with E-state index in [0.717, 1.165) is 70.2 Å². The molecule has 4 aromatic rings. The first kappa shape index (κ1) is 33.5. The highest BCUT2D eigenvalue weighted by Gasteiger charge is 2.51. The number of phenols is 1. The maximum absolute atomic E-state index is 17.3. The number of piperazine rings is 1. The molecule has 272 valence electrons. The number of anilines is 1. The lowest BCUT2D eigenvalue weighted by Crippen LogP contribution is -2.60. The normalized spacial score (nSPS) is 26.0. The van der Waals surface area contributed by atoms with Gasteiger partial charge in [0, 0.05) is 74.9 Å². The van der Waals surface area contributed by atoms with E-state index in [1.807, 2.05) is 0 Å². The highest BCUT2D eigenvalue weighted by Crippen LogP contribution is 2.51. The number of halogens is 2. The smallest absolute Gasteiger partial charge is 0.319 e. The predicted octanol–water partition coefficient (Wildman–Crippen LogP) is 5.52. The largest absolute Gasteiger partial charge is 0.508 e. The average Bonchev–Trinajstić information content (AvgIpc) is 4.05. The first-order valence-electron chi connectivity index (χ1n) is 18.5. The number of hydrogen-bond donors (Lipinski definition) is 2. The predicted molar refractivity (Wildman–Crippen MR) is 194 cm³/mol. The summed E-state index contributed by atoms with van der Waals surface area (Å²) in [6.07, 6.45) is 12.3. The molecule has 4 unspecified atom stereocenters. The number of benzene rings is 2. The lowest BCUT2D eigenvalue weighted by Gasteiger charge is -2.46. The molecule has 12 heteroatoms. The Labute approximate surface area is 301 Å². The van der Waals surface area contributed by atoms with Gasteiger partial charge in [-0.25, -0.2) is 13.8 Å². The standard InChI is InChI=1S/C40H44F2N6O4/c1-4-29-31(41)6-5-23-14-28(49)15-30(32(23)29)35-34(42)36-33(38(44-35)51-3)37(48-18-26-11-22(7-10-50-2)12-27(19-48)43-26)46-39(45-36)52-21-40(8-9-40)20-47-16-24-13-25(24)17-47/h1,5-6,14-15,22,24-27,43,49H,7-13,16-21H2,2-3H3. The van der Waals surface area contributed by atoms with Crippen LogP contribution in [0.25, 0.3) is 32.9 Å². The average molecular weight is 711 g/mol. The third-order valence-corrected chi connectivity index (χ3v) is 12.1. The van der Waals surface area contributed by atoms with E-state index in [1.54, 1.807) is 7.11 Å². The van der Waals surface area contributed by atoms with E-state index in [2.05, 4.69) is 26.0 Å². The van der Waals surface area contributed by atoms with E-state index in [9.17, 15) is 5.11 Å². The number of nitrogens with one attached hydrogen (secondary N) is 1. The molecule has 9 rings (SSSR count). The molecule has 0 amide bonds. The topological polar surface area (TPSA) is 105 Å². The molecule has 5 aliphatic rings. The van der Waals surface area contributed by atoms with Crippen LogP contribution in [0.3, 0.4) is 0 Å². The van der Waals surface area contributed by atoms with Gasteiger partial charge in [-0.2, -0.15) is 9.97 Å². The lowest BCUT2D eigenvalue weighted by atomic mass is 9.83. The number of likely N-dealkylation sites (tertiary alicyclic amines) is 1. The van der Waals surface area contributed by atoms with E-state index in [-0.39, 0.29) is 62.9 Å². The van der Waals surface area contributed by atoms with Gasteiger partial charge in [0.25, 0.3) is 0 Å². The summed E-state index contributed by atoms with van der Waals surface area (Å²) in [5.41, 5.74) is -0.0898. The van der Waals surface area contributed by atoms with Crippen LogP contribution < -0.4 is 19.7 Å². The van der Waals surface area contributed by atoms with Gasteiger partial charge in [0.15, 0.2) is 5.82 Å². The molecular weight excluding hydrogens is 666 g/mol. The number of phenolic OH excluding ortho intramolecular Hbond substituents is 1. The van der Waals surface area contributed by atoms with Crippen LogP contribution in [0.4, 0.5) is 14.6 Å². The van der Waals surface area contributed by atoms with Gasteiger partial charge in [0.2, 0.25) is 5.88 Å². The molecule has 0 radical (unpaired) electrons. The van der Waals surface area contributed by atoms with Crippen molar-refractivity contribution in [1.29, 1.82) is 0 Å². The number of aromatic nitrogens is 3. The van der Waals surface area contributed by atoms with E-state index in [1.165, 1.54) is 37.8 Å². The van der Waals surface area contributed by atoms with Crippen LogP contribution in [0.2, 0.25) is 0 Å². The molecule has 3 aliphatic heterocycles. The lowest BCUT2D eigenvalue weighted by molar-refractivity contribution is 0.142. The summed E-state index contributed by atoms with van der Waals surface area (Å²) >= 11 is 0. The van der Waals surface area contributed by atoms with E-state index >= 15 is 8.78 Å². The Morgan fingerprint density at radius 1 is 1.00 bits per heavy atom. The highest BCUT2D eigenvalue weighted by atomic mass is 19.1. The van der Waals surface area contributed by atoms with Crippen molar-refractivity contribution < 1.29 is 28.1 Å². The van der Waals surface area contributed by atoms with Crippen molar-refractivity contribution >= 4 is 27.5 Å². The zero-order valence-corrected chi connectivity index (χ0v) is 29.6. The molecule has 2 bridgehead atoms. The third kappa shape index (κ3) is 6.06. The van der Waals surface area contributed by atoms with Crippen LogP contribution in [-0.2, 0) is 4.74 Å². The van der Waals surface area contributed by atoms with Crippen LogP contribution >= 0.6 is 0 Å². The third-order valence-electron chi connectivity index (χ3n) is 12.1. The zero-order chi connectivity index (χ0) is 35.7. The van der Waals surface area contributed by atoms with Crippen molar-refractivity contribution in [3.63, 3.8) is 0 Å². The molecular formula is C40H44F2N6O4. The second-order valence-electron chi connectivity index (χ2n) is 15.8. The Morgan fingerprint density at radius 3 is 2.46 bits per heavy atom. The Hall–Kier alpha value is -4.31. The van der Waals surface area contributed by atoms with Crippen molar-refractivity contribution in [2.75, 3.05) is 65.1 Å². The van der Waals surface area contributed by atoms with E-state index in [0.29, 0.717) is 42.2 Å². The maximum Gasteiger partial charge on any atom is 0.319 e. The molecule has 5 fully saturated rings. The number of piperidine rings is 2. The first-order chi connectivity index (χ1) is 25.2. The van der Waals surface area contributed by atoms with Crippen LogP contribution in [-0.4, -0.2) is 97.2 Å². The number of nitrogens with zero attached hydrogens (tertiary/aromatic N) is 5. The number of methoxy groups -OCH3 is 2. The van der Waals surface area contributed by atoms with Crippen LogP contribution in [0.1, 0.15) is 44.1 Å². The minimum absolute atomic E-state index is 0.0249. The second-order valence-corrected chi connectivity index (χ2v) is 15.8. The summed E-state index contributed by atoms with van der Waals surface area (Å²) in [6.45, 7) is 5.80. The molecule has 3 saturated heterocycles. The number of pyridine rings is 1. The molecule has 2 saturated carbocycles. The van der Waals surface area contributed by atoms with Gasteiger partial charge in [-0.1, -0.05) is 12.0 Å². The fourth-order valence-electron chi connectivity index (χ4n) is 9.24. The molecule has 2 aromatic heterocycles. The van der Waals surface area contributed by atoms with E-state index in [4.69, 9.17) is 30.6 Å². The van der Waals surface area contributed by atoms with Crippen LogP contribution in [0.15, 0.2) is 24.3 Å². The number of terminal acetylenes is 1. The van der Waals surface area contributed by atoms with Gasteiger partial charge in [-0.3, -0.25) is 0 Å². The van der Waals surface area contributed by atoms with Crippen molar-refractivity contribution in [2.45, 2.75) is 50.6 Å². The van der Waals surface area contributed by atoms with Crippen molar-refractivity contribution in [1.82, 2.24) is 25.2 Å². The molecule has 2 N–H and O–H groups in total. The number of fused-ring (bicyclic) bond motifs is 5.